The van der Waals surface area contributed by atoms with E-state index in [4.69, 9.17) is 9.72 Å². The zero-order valence-corrected chi connectivity index (χ0v) is 18.4. The quantitative estimate of drug-likeness (QED) is 0.677. The van der Waals surface area contributed by atoms with Gasteiger partial charge in [-0.3, -0.25) is 0 Å². The van der Waals surface area contributed by atoms with Crippen molar-refractivity contribution in [2.24, 2.45) is 11.8 Å². The number of pyridine rings is 2. The molecule has 6 nitrogen and oxygen atoms in total. The van der Waals surface area contributed by atoms with Gasteiger partial charge in [-0.05, 0) is 62.0 Å². The molecule has 5 heterocycles. The van der Waals surface area contributed by atoms with E-state index in [1.807, 2.05) is 6.20 Å². The zero-order valence-electron chi connectivity index (χ0n) is 18.4. The van der Waals surface area contributed by atoms with Gasteiger partial charge in [0.1, 0.15) is 5.82 Å². The number of aromatic nitrogens is 2. The Balaban J connectivity index is 1.44. The number of nitrogens with zero attached hydrogens (tertiary/aromatic N) is 4. The van der Waals surface area contributed by atoms with Crippen molar-refractivity contribution >= 4 is 22.4 Å². The van der Waals surface area contributed by atoms with E-state index in [0.717, 1.165) is 72.9 Å². The number of ether oxygens (including phenoxy) is 1. The lowest BCUT2D eigenvalue weighted by atomic mass is 9.90. The highest BCUT2D eigenvalue weighted by Gasteiger charge is 2.35. The number of benzene rings is 1. The Morgan fingerprint density at radius 2 is 1.97 bits per heavy atom. The van der Waals surface area contributed by atoms with Crippen LogP contribution in [0.15, 0.2) is 36.5 Å². The van der Waals surface area contributed by atoms with Crippen molar-refractivity contribution in [2.45, 2.75) is 12.8 Å². The van der Waals surface area contributed by atoms with Crippen LogP contribution >= 0.6 is 0 Å². The highest BCUT2D eigenvalue weighted by Crippen LogP contribution is 2.39. The molecular weight excluding hydrogens is 405 g/mol. The van der Waals surface area contributed by atoms with Crippen molar-refractivity contribution in [3.05, 3.63) is 42.3 Å². The number of hydrogen-bond acceptors (Lipinski definition) is 6. The van der Waals surface area contributed by atoms with Crippen LogP contribution in [-0.2, 0) is 0 Å². The minimum absolute atomic E-state index is 0.221. The summed E-state index contributed by atoms with van der Waals surface area (Å²) in [5, 5.41) is 4.36. The smallest absolute Gasteiger partial charge is 0.165 e. The summed E-state index contributed by atoms with van der Waals surface area (Å²) in [7, 11) is 1.49. The van der Waals surface area contributed by atoms with Crippen molar-refractivity contribution in [2.75, 3.05) is 56.2 Å². The van der Waals surface area contributed by atoms with Crippen LogP contribution in [0.3, 0.4) is 0 Å². The van der Waals surface area contributed by atoms with Crippen LogP contribution in [0.4, 0.5) is 15.9 Å². The summed E-state index contributed by atoms with van der Waals surface area (Å²) in [5.41, 5.74) is 3.62. The Hall–Kier alpha value is -2.93. The molecule has 1 aromatic carbocycles. The van der Waals surface area contributed by atoms with Gasteiger partial charge in [-0.15, -0.1) is 0 Å². The molecule has 2 atom stereocenters. The monoisotopic (exact) mass is 433 g/mol. The fourth-order valence-corrected chi connectivity index (χ4v) is 5.31. The van der Waals surface area contributed by atoms with Gasteiger partial charge in [-0.1, -0.05) is 0 Å². The van der Waals surface area contributed by atoms with Crippen LogP contribution in [-0.4, -0.2) is 56.3 Å². The summed E-state index contributed by atoms with van der Waals surface area (Å²) < 4.78 is 19.9. The lowest BCUT2D eigenvalue weighted by molar-refractivity contribution is 0.318. The number of methoxy groups -OCH3 is 1. The molecule has 6 rings (SSSR count). The summed E-state index contributed by atoms with van der Waals surface area (Å²) in [6.45, 7) is 6.27. The summed E-state index contributed by atoms with van der Waals surface area (Å²) in [6.07, 6.45) is 4.33. The van der Waals surface area contributed by atoms with Crippen molar-refractivity contribution in [1.82, 2.24) is 15.3 Å². The van der Waals surface area contributed by atoms with Gasteiger partial charge < -0.3 is 19.9 Å². The van der Waals surface area contributed by atoms with E-state index in [1.54, 1.807) is 12.1 Å². The second-order valence-corrected chi connectivity index (χ2v) is 9.19. The molecule has 32 heavy (non-hydrogen) atoms. The van der Waals surface area contributed by atoms with Crippen LogP contribution in [0, 0.1) is 17.7 Å². The van der Waals surface area contributed by atoms with Gasteiger partial charge in [-0.2, -0.15) is 0 Å². The van der Waals surface area contributed by atoms with Crippen LogP contribution in [0.25, 0.3) is 22.2 Å². The maximum Gasteiger partial charge on any atom is 0.165 e. The van der Waals surface area contributed by atoms with E-state index in [9.17, 15) is 4.39 Å². The molecule has 0 spiro atoms. The average molecular weight is 434 g/mol. The van der Waals surface area contributed by atoms with Gasteiger partial charge in [0.15, 0.2) is 11.6 Å². The molecular formula is C25H28FN5O. The van der Waals surface area contributed by atoms with E-state index in [-0.39, 0.29) is 11.6 Å². The van der Waals surface area contributed by atoms with E-state index < -0.39 is 0 Å². The van der Waals surface area contributed by atoms with Gasteiger partial charge in [0, 0.05) is 55.1 Å². The fraction of sp³-hybridized carbons (Fsp3) is 0.440. The molecule has 3 aromatic rings. The Labute approximate surface area is 187 Å². The standard InChI is InChI=1S/C25H28FN5O/c1-32-24-11-22-19(9-20(24)26)23(31-14-17-5-6-27-12-18(17)15-31)10-21(29-22)16-3-4-25(28-13-16)30-7-2-8-30/h3-4,9-11,13,17-18,27H,2,5-8,12,14-15H2,1H3. The number of nitrogens with one attached hydrogen (secondary N) is 1. The van der Waals surface area contributed by atoms with Gasteiger partial charge >= 0.3 is 0 Å². The van der Waals surface area contributed by atoms with E-state index in [0.29, 0.717) is 11.8 Å². The first-order valence-electron chi connectivity index (χ1n) is 11.5. The maximum atomic E-state index is 14.7. The Bertz CT molecular complexity index is 1130. The fourth-order valence-electron chi connectivity index (χ4n) is 5.31. The first kappa shape index (κ1) is 19.7. The number of fused-ring (bicyclic) bond motifs is 2. The number of hydrogen-bond donors (Lipinski definition) is 1. The van der Waals surface area contributed by atoms with Crippen molar-refractivity contribution < 1.29 is 9.13 Å². The molecule has 0 radical (unpaired) electrons. The lowest BCUT2D eigenvalue weighted by Gasteiger charge is -2.31. The Morgan fingerprint density at radius 1 is 1.09 bits per heavy atom. The topological polar surface area (TPSA) is 53.5 Å². The van der Waals surface area contributed by atoms with Crippen molar-refractivity contribution in [1.29, 1.82) is 0 Å². The minimum Gasteiger partial charge on any atom is -0.494 e. The van der Waals surface area contributed by atoms with E-state index in [1.165, 1.54) is 20.0 Å². The van der Waals surface area contributed by atoms with Crippen LogP contribution in [0.2, 0.25) is 0 Å². The second-order valence-electron chi connectivity index (χ2n) is 9.19. The molecule has 3 fully saturated rings. The predicted octanol–water partition coefficient (Wildman–Crippen LogP) is 3.70. The van der Waals surface area contributed by atoms with Gasteiger partial charge in [0.25, 0.3) is 0 Å². The highest BCUT2D eigenvalue weighted by atomic mass is 19.1. The zero-order chi connectivity index (χ0) is 21.7. The summed E-state index contributed by atoms with van der Waals surface area (Å²) in [4.78, 5) is 14.3. The van der Waals surface area contributed by atoms with Gasteiger partial charge in [0.05, 0.1) is 18.3 Å². The molecule has 1 N–H and O–H groups in total. The second kappa shape index (κ2) is 7.89. The number of halogens is 1. The largest absolute Gasteiger partial charge is 0.494 e. The molecule has 0 saturated carbocycles. The first-order chi connectivity index (χ1) is 15.7. The van der Waals surface area contributed by atoms with E-state index in [2.05, 4.69) is 38.3 Å². The molecule has 3 saturated heterocycles. The normalized spacial score (nSPS) is 22.7. The molecule has 3 aliphatic rings. The van der Waals surface area contributed by atoms with Crippen molar-refractivity contribution in [3.8, 4) is 17.0 Å². The van der Waals surface area contributed by atoms with Crippen molar-refractivity contribution in [3.63, 3.8) is 0 Å². The SMILES string of the molecule is COc1cc2nc(-c3ccc(N4CCC4)nc3)cc(N3CC4CCNCC4C3)c2cc1F. The average Bonchev–Trinajstić information content (AvgIpc) is 3.21. The summed E-state index contributed by atoms with van der Waals surface area (Å²) in [5.74, 6) is 2.20. The Kier molecular flexibility index (Phi) is 4.86. The third-order valence-corrected chi connectivity index (χ3v) is 7.30. The molecule has 166 valence electrons. The van der Waals surface area contributed by atoms with Crippen LogP contribution in [0.1, 0.15) is 12.8 Å². The molecule has 0 amide bonds. The van der Waals surface area contributed by atoms with Crippen LogP contribution < -0.4 is 19.9 Å². The molecule has 2 unspecified atom stereocenters. The predicted molar refractivity (Wildman–Crippen MR) is 125 cm³/mol. The Morgan fingerprint density at radius 3 is 2.69 bits per heavy atom. The maximum absolute atomic E-state index is 14.7. The van der Waals surface area contributed by atoms with Gasteiger partial charge in [-0.25, -0.2) is 14.4 Å². The van der Waals surface area contributed by atoms with Crippen LogP contribution in [0.5, 0.6) is 5.75 Å². The molecule has 7 heteroatoms. The number of anilines is 2. The first-order valence-corrected chi connectivity index (χ1v) is 11.5. The third-order valence-electron chi connectivity index (χ3n) is 7.30. The summed E-state index contributed by atoms with van der Waals surface area (Å²) in [6, 6.07) is 9.56. The van der Waals surface area contributed by atoms with Gasteiger partial charge in [0.2, 0.25) is 0 Å². The molecule has 2 aromatic heterocycles. The number of rotatable bonds is 4. The molecule has 3 aliphatic heterocycles. The van der Waals surface area contributed by atoms with E-state index >= 15 is 0 Å². The highest BCUT2D eigenvalue weighted by molar-refractivity contribution is 5.95. The molecule has 0 aliphatic carbocycles. The minimum atomic E-state index is -0.352. The summed E-state index contributed by atoms with van der Waals surface area (Å²) >= 11 is 0. The molecule has 0 bridgehead atoms. The number of piperidine rings is 1. The third kappa shape index (κ3) is 3.35. The lowest BCUT2D eigenvalue weighted by Crippen LogP contribution is -2.37.